The fraction of sp³-hybridized carbons (Fsp3) is 0.308. The van der Waals surface area contributed by atoms with Crippen LogP contribution in [0.25, 0.3) is 0 Å². The number of allylic oxidation sites excluding steroid dienone is 4. The molecule has 0 bridgehead atoms. The van der Waals surface area contributed by atoms with Gasteiger partial charge in [0.1, 0.15) is 11.5 Å². The van der Waals surface area contributed by atoms with Crippen molar-refractivity contribution in [3.63, 3.8) is 0 Å². The molecular formula is C13H10FN3O. The van der Waals surface area contributed by atoms with Gasteiger partial charge < -0.3 is 4.57 Å². The summed E-state index contributed by atoms with van der Waals surface area (Å²) >= 11 is 0. The summed E-state index contributed by atoms with van der Waals surface area (Å²) in [6, 6.07) is 1.71. The average Bonchev–Trinajstić information content (AvgIpc) is 2.94. The number of Topliss-reactive ketones (excluding diaryl/α,β-unsaturated/α-hetero) is 1. The molecule has 0 saturated heterocycles. The lowest BCUT2D eigenvalue weighted by atomic mass is 9.88. The van der Waals surface area contributed by atoms with E-state index in [2.05, 4.69) is 4.98 Å². The van der Waals surface area contributed by atoms with Crippen LogP contribution in [0.15, 0.2) is 36.1 Å². The zero-order chi connectivity index (χ0) is 12.7. The fourth-order valence-corrected chi connectivity index (χ4v) is 2.61. The maximum atomic E-state index is 14.0. The Morgan fingerprint density at radius 3 is 3.11 bits per heavy atom. The maximum absolute atomic E-state index is 14.0. The Morgan fingerprint density at radius 1 is 1.56 bits per heavy atom. The molecule has 1 aromatic rings. The van der Waals surface area contributed by atoms with Crippen molar-refractivity contribution in [1.29, 1.82) is 5.26 Å². The van der Waals surface area contributed by atoms with Crippen molar-refractivity contribution in [2.24, 2.45) is 5.92 Å². The molecule has 0 N–H and O–H groups in total. The predicted molar refractivity (Wildman–Crippen MR) is 61.2 cm³/mol. The van der Waals surface area contributed by atoms with E-state index in [9.17, 15) is 9.18 Å². The Morgan fingerprint density at radius 2 is 2.39 bits per heavy atom. The number of carbonyl (C=O) groups excluding carboxylic acids is 1. The highest BCUT2D eigenvalue weighted by molar-refractivity contribution is 5.96. The summed E-state index contributed by atoms with van der Waals surface area (Å²) < 4.78 is 15.7. The third kappa shape index (κ3) is 1.50. The van der Waals surface area contributed by atoms with Crippen molar-refractivity contribution in [2.45, 2.75) is 18.9 Å². The van der Waals surface area contributed by atoms with Gasteiger partial charge in [0.25, 0.3) is 0 Å². The first-order chi connectivity index (χ1) is 8.70. The van der Waals surface area contributed by atoms with Crippen LogP contribution in [0.2, 0.25) is 0 Å². The zero-order valence-electron chi connectivity index (χ0n) is 9.51. The molecule has 2 aliphatic rings. The van der Waals surface area contributed by atoms with Gasteiger partial charge in [0.2, 0.25) is 0 Å². The second-order valence-electron chi connectivity index (χ2n) is 4.52. The van der Waals surface area contributed by atoms with Crippen LogP contribution in [0.4, 0.5) is 4.39 Å². The number of hydrogen-bond acceptors (Lipinski definition) is 3. The topological polar surface area (TPSA) is 58.7 Å². The molecule has 0 spiro atoms. The minimum absolute atomic E-state index is 0.000333. The Kier molecular flexibility index (Phi) is 2.37. The highest BCUT2D eigenvalue weighted by Gasteiger charge is 2.37. The first-order valence-electron chi connectivity index (χ1n) is 5.73. The highest BCUT2D eigenvalue weighted by Crippen LogP contribution is 2.40. The van der Waals surface area contributed by atoms with E-state index in [1.54, 1.807) is 17.0 Å². The largest absolute Gasteiger partial charge is 0.324 e. The Balaban J connectivity index is 1.92. The van der Waals surface area contributed by atoms with Crippen LogP contribution in [0.3, 0.4) is 0 Å². The second kappa shape index (κ2) is 3.91. The summed E-state index contributed by atoms with van der Waals surface area (Å²) in [6.07, 6.45) is 6.81. The molecule has 4 nitrogen and oxygen atoms in total. The molecule has 3 rings (SSSR count). The van der Waals surface area contributed by atoms with Crippen LogP contribution in [-0.2, 0) is 0 Å². The van der Waals surface area contributed by atoms with Crippen molar-refractivity contribution >= 4 is 5.78 Å². The van der Waals surface area contributed by atoms with E-state index >= 15 is 0 Å². The number of rotatable bonds is 1. The molecule has 5 heteroatoms. The Hall–Kier alpha value is -2.22. The molecule has 1 aliphatic carbocycles. The number of nitrogens with zero attached hydrogens (tertiary/aromatic N) is 3. The quantitative estimate of drug-likeness (QED) is 0.760. The van der Waals surface area contributed by atoms with E-state index in [0.717, 1.165) is 0 Å². The number of imidazole rings is 1. The molecule has 1 aromatic heterocycles. The maximum Gasteiger partial charge on any atom is 0.182 e. The smallest absolute Gasteiger partial charge is 0.182 e. The first kappa shape index (κ1) is 10.9. The fourth-order valence-electron chi connectivity index (χ4n) is 2.61. The lowest BCUT2D eigenvalue weighted by Gasteiger charge is -2.24. The molecular weight excluding hydrogens is 233 g/mol. The number of ketones is 1. The third-order valence-electron chi connectivity index (χ3n) is 3.54. The van der Waals surface area contributed by atoms with Gasteiger partial charge in [0, 0.05) is 12.3 Å². The summed E-state index contributed by atoms with van der Waals surface area (Å²) in [7, 11) is 0. The van der Waals surface area contributed by atoms with E-state index in [0.29, 0.717) is 24.1 Å². The van der Waals surface area contributed by atoms with Gasteiger partial charge in [-0.3, -0.25) is 4.79 Å². The Bertz CT molecular complexity index is 620. The van der Waals surface area contributed by atoms with Gasteiger partial charge in [-0.25, -0.2) is 9.37 Å². The number of hydrogen-bond donors (Lipinski definition) is 0. The van der Waals surface area contributed by atoms with Crippen molar-refractivity contribution in [3.8, 4) is 6.07 Å². The highest BCUT2D eigenvalue weighted by atomic mass is 19.1. The number of halogens is 1. The number of nitriles is 1. The van der Waals surface area contributed by atoms with Crippen molar-refractivity contribution in [3.05, 3.63) is 41.8 Å². The van der Waals surface area contributed by atoms with E-state index in [4.69, 9.17) is 5.26 Å². The number of fused-ring (bicyclic) bond motifs is 1. The third-order valence-corrected chi connectivity index (χ3v) is 3.54. The van der Waals surface area contributed by atoms with Gasteiger partial charge in [0.05, 0.1) is 30.2 Å². The summed E-state index contributed by atoms with van der Waals surface area (Å²) in [5, 5.41) is 8.73. The van der Waals surface area contributed by atoms with E-state index in [1.807, 2.05) is 6.07 Å². The summed E-state index contributed by atoms with van der Waals surface area (Å²) in [5.74, 6) is -0.699. The molecule has 2 heterocycles. The monoisotopic (exact) mass is 243 g/mol. The molecule has 18 heavy (non-hydrogen) atoms. The van der Waals surface area contributed by atoms with Crippen LogP contribution in [0.5, 0.6) is 0 Å². The van der Waals surface area contributed by atoms with Gasteiger partial charge in [-0.1, -0.05) is 6.08 Å². The van der Waals surface area contributed by atoms with Crippen LogP contribution < -0.4 is 0 Å². The van der Waals surface area contributed by atoms with E-state index in [-0.39, 0.29) is 23.6 Å². The van der Waals surface area contributed by atoms with Gasteiger partial charge in [0.15, 0.2) is 5.78 Å². The average molecular weight is 243 g/mol. The minimum Gasteiger partial charge on any atom is -0.324 e. The van der Waals surface area contributed by atoms with Gasteiger partial charge in [-0.05, 0) is 12.5 Å². The van der Waals surface area contributed by atoms with Gasteiger partial charge in [-0.2, -0.15) is 5.26 Å². The SMILES string of the molecule is N#CC1=CCC([C@@H]2CC(=O)c3cncn32)C(F)=C1. The Labute approximate surface area is 103 Å². The normalized spacial score (nSPS) is 26.3. The van der Waals surface area contributed by atoms with Crippen LogP contribution >= 0.6 is 0 Å². The summed E-state index contributed by atoms with van der Waals surface area (Å²) in [4.78, 5) is 15.7. The molecule has 2 atom stereocenters. The van der Waals surface area contributed by atoms with E-state index < -0.39 is 0 Å². The number of aromatic nitrogens is 2. The van der Waals surface area contributed by atoms with Gasteiger partial charge >= 0.3 is 0 Å². The summed E-state index contributed by atoms with van der Waals surface area (Å²) in [6.45, 7) is 0. The van der Waals surface area contributed by atoms with Crippen LogP contribution in [0, 0.1) is 17.2 Å². The predicted octanol–water partition coefficient (Wildman–Crippen LogP) is 2.33. The van der Waals surface area contributed by atoms with Crippen molar-refractivity contribution in [1.82, 2.24) is 9.55 Å². The first-order valence-corrected chi connectivity index (χ1v) is 5.73. The molecule has 0 radical (unpaired) electrons. The van der Waals surface area contributed by atoms with Crippen LogP contribution in [-0.4, -0.2) is 15.3 Å². The van der Waals surface area contributed by atoms with Crippen molar-refractivity contribution < 1.29 is 9.18 Å². The van der Waals surface area contributed by atoms with Gasteiger partial charge in [-0.15, -0.1) is 0 Å². The molecule has 0 aromatic carbocycles. The molecule has 0 fully saturated rings. The standard InChI is InChI=1S/C13H10FN3O/c14-10-3-8(5-15)1-2-9(10)11-4-13(18)12-6-16-7-17(11)12/h1,3,6-7,9,11H,2,4H2/t9?,11-/m0/s1. The molecule has 1 aliphatic heterocycles. The second-order valence-corrected chi connectivity index (χ2v) is 4.52. The number of carbonyl (C=O) groups is 1. The van der Waals surface area contributed by atoms with Crippen molar-refractivity contribution in [2.75, 3.05) is 0 Å². The zero-order valence-corrected chi connectivity index (χ0v) is 9.51. The summed E-state index contributed by atoms with van der Waals surface area (Å²) in [5.41, 5.74) is 0.891. The molecule has 90 valence electrons. The molecule has 1 unspecified atom stereocenters. The lowest BCUT2D eigenvalue weighted by Crippen LogP contribution is -2.18. The lowest BCUT2D eigenvalue weighted by molar-refractivity contribution is 0.0982. The molecule has 0 saturated carbocycles. The van der Waals surface area contributed by atoms with E-state index in [1.165, 1.54) is 12.3 Å². The van der Waals surface area contributed by atoms with Crippen LogP contribution in [0.1, 0.15) is 29.4 Å². The minimum atomic E-state index is -0.374. The molecule has 0 amide bonds.